The molecular weight excluding hydrogens is 1050 g/mol. The first-order chi connectivity index (χ1) is 40.4. The molecule has 0 spiro atoms. The molecule has 0 aliphatic rings. The molecule has 0 aliphatic heterocycles. The van der Waals surface area contributed by atoms with E-state index in [-0.39, 0.29) is 24.9 Å². The number of unbranched alkanes of at least 4 members (excludes halogenated alkanes) is 35. The van der Waals surface area contributed by atoms with Crippen LogP contribution in [0.5, 0.6) is 0 Å². The standard InChI is InChI=1S/C73H133N2O7P/c1-7-10-13-16-19-22-25-27-29-31-33-35-36-37-38-40-41-43-45-47-50-53-56-59-62-65-72(76)74-70(69-81-83(78,79)80-68-67-75(4,5)6)71(64-61-58-55-52-49-24-21-18-15-12-9-3)82-73(77)66-63-60-57-54-51-48-46-44-42-39-34-32-30-28-26-23-20-17-14-11-8-2/h11,14,20,23,27-30,34,39,44,46,61,64,70-71H,7-10,12-13,15-19,21-22,24-26,31-33,35-38,40-43,45,47-60,62-63,65-69H2,1-6H3,(H-,74,76,78,79)/b14-11-,23-20-,29-27+,30-28-,39-34-,46-44-,64-61-. The number of rotatable bonds is 63. The number of allylic oxidation sites excluding steroid dienone is 13. The number of carbonyl (C=O) groups excluding carboxylic acids is 2. The fourth-order valence-corrected chi connectivity index (χ4v) is 10.7. The molecule has 83 heavy (non-hydrogen) atoms. The normalized spacial score (nSPS) is 14.1. The fourth-order valence-electron chi connectivity index (χ4n) is 9.96. The van der Waals surface area contributed by atoms with Crippen molar-refractivity contribution in [1.82, 2.24) is 5.32 Å². The van der Waals surface area contributed by atoms with Gasteiger partial charge in [-0.2, -0.15) is 0 Å². The first kappa shape index (κ1) is 80.2. The zero-order valence-electron chi connectivity index (χ0n) is 55.1. The molecule has 9 nitrogen and oxygen atoms in total. The Morgan fingerprint density at radius 2 is 0.771 bits per heavy atom. The van der Waals surface area contributed by atoms with Crippen molar-refractivity contribution < 1.29 is 37.3 Å². The molecule has 0 heterocycles. The van der Waals surface area contributed by atoms with Crippen LogP contribution in [0, 0.1) is 0 Å². The minimum atomic E-state index is -4.71. The zero-order chi connectivity index (χ0) is 60.7. The highest BCUT2D eigenvalue weighted by Gasteiger charge is 2.27. The number of phosphoric ester groups is 1. The van der Waals surface area contributed by atoms with E-state index in [0.29, 0.717) is 23.9 Å². The van der Waals surface area contributed by atoms with Gasteiger partial charge >= 0.3 is 5.97 Å². The summed E-state index contributed by atoms with van der Waals surface area (Å²) in [6, 6.07) is -0.900. The van der Waals surface area contributed by atoms with E-state index in [0.717, 1.165) is 103 Å². The molecule has 0 aromatic carbocycles. The SMILES string of the molecule is CC/C=C\C/C=C\C/C=C\C/C=C\C/C=C\CCCCCCCC(=O)OC(/C=C\CCCCCCCCCCC)C(COP(=O)([O-])OCC[N+](C)(C)C)NC(=O)CCCCCCCCCCCCCCCCC/C=C/CCCCCCCC. The molecule has 0 bridgehead atoms. The lowest BCUT2D eigenvalue weighted by molar-refractivity contribution is -0.870. The van der Waals surface area contributed by atoms with Gasteiger partial charge in [0.2, 0.25) is 5.91 Å². The second-order valence-electron chi connectivity index (χ2n) is 24.6. The Bertz CT molecular complexity index is 1700. The number of nitrogens with zero attached hydrogens (tertiary/aromatic N) is 1. The van der Waals surface area contributed by atoms with Gasteiger partial charge in [-0.05, 0) is 102 Å². The second kappa shape index (κ2) is 62.2. The van der Waals surface area contributed by atoms with Gasteiger partial charge in [-0.15, -0.1) is 0 Å². The summed E-state index contributed by atoms with van der Waals surface area (Å²) >= 11 is 0. The molecule has 1 N–H and O–H groups in total. The van der Waals surface area contributed by atoms with Crippen LogP contribution < -0.4 is 10.2 Å². The van der Waals surface area contributed by atoms with Crippen LogP contribution in [0.3, 0.4) is 0 Å². The number of nitrogens with one attached hydrogen (secondary N) is 1. The molecule has 3 unspecified atom stereocenters. The van der Waals surface area contributed by atoms with E-state index < -0.39 is 26.6 Å². The Morgan fingerprint density at radius 3 is 1.17 bits per heavy atom. The summed E-state index contributed by atoms with van der Waals surface area (Å²) in [5.41, 5.74) is 0. The van der Waals surface area contributed by atoms with Crippen LogP contribution in [0.25, 0.3) is 0 Å². The van der Waals surface area contributed by atoms with Gasteiger partial charge in [0.1, 0.15) is 19.3 Å². The summed E-state index contributed by atoms with van der Waals surface area (Å²) in [7, 11) is 1.17. The number of hydrogen-bond acceptors (Lipinski definition) is 7. The van der Waals surface area contributed by atoms with E-state index >= 15 is 0 Å². The lowest BCUT2D eigenvalue weighted by atomic mass is 10.0. The number of phosphoric acid groups is 1. The highest BCUT2D eigenvalue weighted by atomic mass is 31.2. The van der Waals surface area contributed by atoms with Crippen LogP contribution >= 0.6 is 7.82 Å². The van der Waals surface area contributed by atoms with Gasteiger partial charge < -0.3 is 28.5 Å². The Morgan fingerprint density at radius 1 is 0.434 bits per heavy atom. The average Bonchev–Trinajstić information content (AvgIpc) is 3.51. The maximum atomic E-state index is 13.6. The molecule has 0 rings (SSSR count). The van der Waals surface area contributed by atoms with Crippen molar-refractivity contribution in [2.75, 3.05) is 40.9 Å². The fraction of sp³-hybridized carbons (Fsp3) is 0.781. The lowest BCUT2D eigenvalue weighted by Crippen LogP contribution is -2.47. The third kappa shape index (κ3) is 63.5. The summed E-state index contributed by atoms with van der Waals surface area (Å²) in [4.78, 5) is 40.1. The molecule has 0 aliphatic carbocycles. The largest absolute Gasteiger partial charge is 0.756 e. The number of esters is 1. The number of quaternary nitrogens is 1. The molecular formula is C73H133N2O7P. The number of carbonyl (C=O) groups is 2. The van der Waals surface area contributed by atoms with Crippen molar-refractivity contribution in [2.24, 2.45) is 0 Å². The molecule has 3 atom stereocenters. The summed E-state index contributed by atoms with van der Waals surface area (Å²) in [5, 5.41) is 3.04. The van der Waals surface area contributed by atoms with E-state index in [9.17, 15) is 19.0 Å². The Labute approximate surface area is 514 Å². The van der Waals surface area contributed by atoms with Crippen molar-refractivity contribution in [3.8, 4) is 0 Å². The Hall–Kier alpha value is -2.81. The average molecular weight is 1180 g/mol. The van der Waals surface area contributed by atoms with Crippen LogP contribution in [-0.4, -0.2) is 69.4 Å². The van der Waals surface area contributed by atoms with Crippen LogP contribution in [0.4, 0.5) is 0 Å². The molecule has 482 valence electrons. The summed E-state index contributed by atoms with van der Waals surface area (Å²) < 4.78 is 30.4. The number of likely N-dealkylation sites (N-methyl/N-ethyl adjacent to an activating group) is 1. The smallest absolute Gasteiger partial charge is 0.306 e. The molecule has 0 saturated heterocycles. The summed E-state index contributed by atoms with van der Waals surface area (Å²) in [5.74, 6) is -0.557. The van der Waals surface area contributed by atoms with Gasteiger partial charge in [-0.1, -0.05) is 286 Å². The maximum absolute atomic E-state index is 13.6. The van der Waals surface area contributed by atoms with E-state index in [1.165, 1.54) is 173 Å². The molecule has 1 amide bonds. The van der Waals surface area contributed by atoms with Crippen molar-refractivity contribution in [3.05, 3.63) is 85.1 Å². The van der Waals surface area contributed by atoms with E-state index in [2.05, 4.69) is 99.0 Å². The highest BCUT2D eigenvalue weighted by molar-refractivity contribution is 7.45. The Balaban J connectivity index is 5.06. The second-order valence-corrected chi connectivity index (χ2v) is 26.1. The first-order valence-corrected chi connectivity index (χ1v) is 36.4. The van der Waals surface area contributed by atoms with Crippen molar-refractivity contribution in [2.45, 2.75) is 328 Å². The first-order valence-electron chi connectivity index (χ1n) is 34.9. The van der Waals surface area contributed by atoms with Gasteiger partial charge in [-0.25, -0.2) is 0 Å². The summed E-state index contributed by atoms with van der Waals surface area (Å²) in [6.07, 6.45) is 82.8. The van der Waals surface area contributed by atoms with Crippen LogP contribution in [0.1, 0.15) is 316 Å². The summed E-state index contributed by atoms with van der Waals surface area (Å²) in [6.45, 7) is 6.73. The minimum absolute atomic E-state index is 0.0279. The third-order valence-electron chi connectivity index (χ3n) is 15.3. The van der Waals surface area contributed by atoms with E-state index in [4.69, 9.17) is 13.8 Å². The van der Waals surface area contributed by atoms with Crippen LogP contribution in [0.2, 0.25) is 0 Å². The van der Waals surface area contributed by atoms with Gasteiger partial charge in [0, 0.05) is 12.8 Å². The monoisotopic (exact) mass is 1180 g/mol. The van der Waals surface area contributed by atoms with Gasteiger partial charge in [0.05, 0.1) is 33.8 Å². The number of ether oxygens (including phenoxy) is 1. The predicted molar refractivity (Wildman–Crippen MR) is 358 cm³/mol. The molecule has 0 saturated carbocycles. The highest BCUT2D eigenvalue weighted by Crippen LogP contribution is 2.38. The van der Waals surface area contributed by atoms with E-state index in [1.807, 2.05) is 33.3 Å². The topological polar surface area (TPSA) is 114 Å². The Kier molecular flexibility index (Phi) is 60.1. The molecule has 10 heteroatoms. The predicted octanol–water partition coefficient (Wildman–Crippen LogP) is 21.5. The van der Waals surface area contributed by atoms with E-state index in [1.54, 1.807) is 0 Å². The van der Waals surface area contributed by atoms with Gasteiger partial charge in [-0.3, -0.25) is 14.2 Å². The third-order valence-corrected chi connectivity index (χ3v) is 16.3. The molecule has 0 aromatic heterocycles. The lowest BCUT2D eigenvalue weighted by Gasteiger charge is -2.30. The quantitative estimate of drug-likeness (QED) is 0.0212. The van der Waals surface area contributed by atoms with Crippen molar-refractivity contribution in [1.29, 1.82) is 0 Å². The van der Waals surface area contributed by atoms with Crippen LogP contribution in [0.15, 0.2) is 85.1 Å². The maximum Gasteiger partial charge on any atom is 0.306 e. The van der Waals surface area contributed by atoms with Gasteiger partial charge in [0.25, 0.3) is 7.82 Å². The zero-order valence-corrected chi connectivity index (χ0v) is 56.0. The van der Waals surface area contributed by atoms with Crippen LogP contribution in [-0.2, 0) is 27.9 Å². The number of hydrogen-bond donors (Lipinski definition) is 1. The minimum Gasteiger partial charge on any atom is -0.756 e. The number of amides is 1. The van der Waals surface area contributed by atoms with Crippen molar-refractivity contribution >= 4 is 19.7 Å². The molecule has 0 radical (unpaired) electrons. The molecule has 0 aromatic rings. The molecule has 0 fully saturated rings. The van der Waals surface area contributed by atoms with Gasteiger partial charge in [0.15, 0.2) is 0 Å². The van der Waals surface area contributed by atoms with Crippen molar-refractivity contribution in [3.63, 3.8) is 0 Å².